The van der Waals surface area contributed by atoms with Crippen molar-refractivity contribution in [1.29, 1.82) is 0 Å². The molecule has 2 aromatic rings. The maximum atomic E-state index is 4.63. The zero-order chi connectivity index (χ0) is 14.5. The summed E-state index contributed by atoms with van der Waals surface area (Å²) in [5.74, 6) is 0. The van der Waals surface area contributed by atoms with E-state index in [9.17, 15) is 0 Å². The van der Waals surface area contributed by atoms with E-state index in [4.69, 9.17) is 0 Å². The zero-order valence-electron chi connectivity index (χ0n) is 12.9. The summed E-state index contributed by atoms with van der Waals surface area (Å²) in [6.07, 6.45) is 3.44. The normalized spacial score (nSPS) is 12.4. The number of nitrogens with zero attached hydrogens (tertiary/aromatic N) is 1. The lowest BCUT2D eigenvalue weighted by atomic mass is 9.99. The van der Waals surface area contributed by atoms with Crippen molar-refractivity contribution in [3.05, 3.63) is 53.2 Å². The van der Waals surface area contributed by atoms with Crippen LogP contribution in [-0.4, -0.2) is 11.5 Å². The summed E-state index contributed by atoms with van der Waals surface area (Å²) < 4.78 is 0. The van der Waals surface area contributed by atoms with Gasteiger partial charge in [0.15, 0.2) is 0 Å². The molecule has 20 heavy (non-hydrogen) atoms. The molecule has 2 heteroatoms. The molecule has 0 aliphatic heterocycles. The van der Waals surface area contributed by atoms with Crippen LogP contribution in [-0.2, 0) is 0 Å². The summed E-state index contributed by atoms with van der Waals surface area (Å²) in [4.78, 5) is 4.63. The SMILES string of the molecule is CCCNC(C=C(C)C)c1cc(C)nc2ccccc12. The summed E-state index contributed by atoms with van der Waals surface area (Å²) >= 11 is 0. The first-order chi connectivity index (χ1) is 9.61. The first-order valence-electron chi connectivity index (χ1n) is 7.36. The largest absolute Gasteiger partial charge is 0.307 e. The van der Waals surface area contributed by atoms with E-state index in [0.29, 0.717) is 0 Å². The molecule has 1 N–H and O–H groups in total. The van der Waals surface area contributed by atoms with Crippen LogP contribution in [0.3, 0.4) is 0 Å². The van der Waals surface area contributed by atoms with Crippen LogP contribution in [0.2, 0.25) is 0 Å². The second-order valence-corrected chi connectivity index (χ2v) is 5.55. The molecule has 0 saturated heterocycles. The Morgan fingerprint density at radius 2 is 2.05 bits per heavy atom. The van der Waals surface area contributed by atoms with Crippen molar-refractivity contribution in [2.75, 3.05) is 6.54 Å². The number of hydrogen-bond acceptors (Lipinski definition) is 2. The predicted octanol–water partition coefficient (Wildman–Crippen LogP) is 4.55. The van der Waals surface area contributed by atoms with Gasteiger partial charge in [-0.05, 0) is 51.4 Å². The molecule has 106 valence electrons. The third-order valence-corrected chi connectivity index (χ3v) is 3.33. The zero-order valence-corrected chi connectivity index (χ0v) is 12.9. The Hall–Kier alpha value is -1.67. The highest BCUT2D eigenvalue weighted by Crippen LogP contribution is 2.26. The van der Waals surface area contributed by atoms with Crippen molar-refractivity contribution in [2.45, 2.75) is 40.2 Å². The van der Waals surface area contributed by atoms with Gasteiger partial charge in [0.2, 0.25) is 0 Å². The van der Waals surface area contributed by atoms with Gasteiger partial charge in [0, 0.05) is 11.1 Å². The van der Waals surface area contributed by atoms with Gasteiger partial charge in [-0.15, -0.1) is 0 Å². The van der Waals surface area contributed by atoms with Crippen LogP contribution in [0, 0.1) is 6.92 Å². The van der Waals surface area contributed by atoms with E-state index in [0.717, 1.165) is 24.2 Å². The van der Waals surface area contributed by atoms with Gasteiger partial charge in [-0.25, -0.2) is 0 Å². The van der Waals surface area contributed by atoms with Crippen LogP contribution in [0.5, 0.6) is 0 Å². The van der Waals surface area contributed by atoms with Gasteiger partial charge in [-0.3, -0.25) is 4.98 Å². The molecule has 1 heterocycles. The van der Waals surface area contributed by atoms with E-state index in [1.165, 1.54) is 16.5 Å². The summed E-state index contributed by atoms with van der Waals surface area (Å²) in [5.41, 5.74) is 4.80. The summed E-state index contributed by atoms with van der Waals surface area (Å²) in [5, 5.41) is 4.87. The van der Waals surface area contributed by atoms with Crippen LogP contribution in [0.4, 0.5) is 0 Å². The first kappa shape index (κ1) is 14.7. The maximum Gasteiger partial charge on any atom is 0.0708 e. The molecule has 0 fully saturated rings. The highest BCUT2D eigenvalue weighted by Gasteiger charge is 2.12. The minimum Gasteiger partial charge on any atom is -0.307 e. The molecular weight excluding hydrogens is 244 g/mol. The molecule has 0 amide bonds. The van der Waals surface area contributed by atoms with Gasteiger partial charge >= 0.3 is 0 Å². The molecule has 0 bridgehead atoms. The Morgan fingerprint density at radius 1 is 1.30 bits per heavy atom. The molecule has 2 rings (SSSR count). The van der Waals surface area contributed by atoms with Crippen molar-refractivity contribution in [1.82, 2.24) is 10.3 Å². The molecule has 2 nitrogen and oxygen atoms in total. The number of fused-ring (bicyclic) bond motifs is 1. The van der Waals surface area contributed by atoms with Gasteiger partial charge in [0.25, 0.3) is 0 Å². The van der Waals surface area contributed by atoms with Gasteiger partial charge in [0.05, 0.1) is 11.6 Å². The number of aryl methyl sites for hydroxylation is 1. The molecule has 0 aliphatic rings. The lowest BCUT2D eigenvalue weighted by molar-refractivity contribution is 0.612. The molecule has 1 aromatic heterocycles. The van der Waals surface area contributed by atoms with Gasteiger partial charge in [-0.2, -0.15) is 0 Å². The van der Waals surface area contributed by atoms with Crippen molar-refractivity contribution in [3.8, 4) is 0 Å². The topological polar surface area (TPSA) is 24.9 Å². The lowest BCUT2D eigenvalue weighted by Gasteiger charge is -2.18. The Morgan fingerprint density at radius 3 is 2.75 bits per heavy atom. The van der Waals surface area contributed by atoms with Crippen LogP contribution in [0.15, 0.2) is 42.0 Å². The van der Waals surface area contributed by atoms with Gasteiger partial charge in [0.1, 0.15) is 0 Å². The van der Waals surface area contributed by atoms with Gasteiger partial charge < -0.3 is 5.32 Å². The number of nitrogens with one attached hydrogen (secondary N) is 1. The Kier molecular flexibility index (Phi) is 4.91. The molecule has 1 aromatic carbocycles. The number of allylic oxidation sites excluding steroid dienone is 1. The summed E-state index contributed by atoms with van der Waals surface area (Å²) in [6.45, 7) is 9.58. The van der Waals surface area contributed by atoms with E-state index in [1.807, 2.05) is 6.07 Å². The fourth-order valence-electron chi connectivity index (χ4n) is 2.49. The van der Waals surface area contributed by atoms with Gasteiger partial charge in [-0.1, -0.05) is 36.8 Å². The molecule has 0 aliphatic carbocycles. The van der Waals surface area contributed by atoms with E-state index < -0.39 is 0 Å². The quantitative estimate of drug-likeness (QED) is 0.805. The number of rotatable bonds is 5. The highest BCUT2D eigenvalue weighted by molar-refractivity contribution is 5.83. The maximum absolute atomic E-state index is 4.63. The first-order valence-corrected chi connectivity index (χ1v) is 7.36. The summed E-state index contributed by atoms with van der Waals surface area (Å²) in [7, 11) is 0. The van der Waals surface area contributed by atoms with Crippen molar-refractivity contribution in [3.63, 3.8) is 0 Å². The molecular formula is C18H24N2. The second-order valence-electron chi connectivity index (χ2n) is 5.55. The smallest absolute Gasteiger partial charge is 0.0708 e. The molecule has 1 unspecified atom stereocenters. The Bertz CT molecular complexity index is 610. The van der Waals surface area contributed by atoms with E-state index in [-0.39, 0.29) is 6.04 Å². The molecule has 0 radical (unpaired) electrons. The standard InChI is InChI=1S/C18H24N2/c1-5-10-19-18(11-13(2)3)16-12-14(4)20-17-9-7-6-8-15(16)17/h6-9,11-12,18-19H,5,10H2,1-4H3. The van der Waals surface area contributed by atoms with Crippen LogP contribution in [0.1, 0.15) is 44.5 Å². The average molecular weight is 268 g/mol. The monoisotopic (exact) mass is 268 g/mol. The van der Waals surface area contributed by atoms with E-state index in [1.54, 1.807) is 0 Å². The fourth-order valence-corrected chi connectivity index (χ4v) is 2.49. The van der Waals surface area contributed by atoms with E-state index in [2.05, 4.69) is 68.3 Å². The second kappa shape index (κ2) is 6.67. The molecule has 0 saturated carbocycles. The summed E-state index contributed by atoms with van der Waals surface area (Å²) in [6, 6.07) is 10.8. The Balaban J connectivity index is 2.54. The average Bonchev–Trinajstić information content (AvgIpc) is 2.42. The van der Waals surface area contributed by atoms with Crippen LogP contribution < -0.4 is 5.32 Å². The third-order valence-electron chi connectivity index (χ3n) is 3.33. The Labute approximate surface area is 121 Å². The predicted molar refractivity (Wildman–Crippen MR) is 86.9 cm³/mol. The highest BCUT2D eigenvalue weighted by atomic mass is 14.9. The molecule has 1 atom stereocenters. The van der Waals surface area contributed by atoms with Crippen molar-refractivity contribution in [2.24, 2.45) is 0 Å². The number of benzene rings is 1. The van der Waals surface area contributed by atoms with Crippen LogP contribution >= 0.6 is 0 Å². The minimum atomic E-state index is 0.256. The van der Waals surface area contributed by atoms with Crippen molar-refractivity contribution < 1.29 is 0 Å². The van der Waals surface area contributed by atoms with Crippen LogP contribution in [0.25, 0.3) is 10.9 Å². The molecule has 0 spiro atoms. The number of aromatic nitrogens is 1. The minimum absolute atomic E-state index is 0.256. The lowest BCUT2D eigenvalue weighted by Crippen LogP contribution is -2.21. The number of para-hydroxylation sites is 1. The third kappa shape index (κ3) is 3.45. The number of hydrogen-bond donors (Lipinski definition) is 1. The number of pyridine rings is 1. The van der Waals surface area contributed by atoms with E-state index >= 15 is 0 Å². The van der Waals surface area contributed by atoms with Crippen molar-refractivity contribution >= 4 is 10.9 Å². The fraction of sp³-hybridized carbons (Fsp3) is 0.389.